The summed E-state index contributed by atoms with van der Waals surface area (Å²) >= 11 is 0. The van der Waals surface area contributed by atoms with Crippen molar-refractivity contribution in [2.45, 2.75) is 58.6 Å². The summed E-state index contributed by atoms with van der Waals surface area (Å²) in [5.74, 6) is 0.746. The monoisotopic (exact) mass is 306 g/mol. The van der Waals surface area contributed by atoms with E-state index < -0.39 is 5.60 Å². The number of piperidine rings is 1. The fourth-order valence-corrected chi connectivity index (χ4v) is 2.57. The molecule has 122 valence electrons. The van der Waals surface area contributed by atoms with Gasteiger partial charge in [-0.3, -0.25) is 0 Å². The molecule has 22 heavy (non-hydrogen) atoms. The minimum absolute atomic E-state index is 0.211. The van der Waals surface area contributed by atoms with Gasteiger partial charge in [-0.15, -0.1) is 0 Å². The molecular formula is C16H26N4O2. The number of aromatic nitrogens is 2. The summed E-state index contributed by atoms with van der Waals surface area (Å²) in [5, 5.41) is 2.86. The summed E-state index contributed by atoms with van der Waals surface area (Å²) in [4.78, 5) is 22.9. The zero-order valence-electron chi connectivity index (χ0n) is 13.9. The Labute approximate surface area is 132 Å². The number of nitrogens with zero attached hydrogens (tertiary/aromatic N) is 3. The van der Waals surface area contributed by atoms with Crippen molar-refractivity contribution in [2.24, 2.45) is 0 Å². The lowest BCUT2D eigenvalue weighted by atomic mass is 10.0. The SMILES string of the molecule is Cc1ccnc(N2CCCC[C@@H]2CNC(=O)OC(C)(C)C)n1. The van der Waals surface area contributed by atoms with Gasteiger partial charge >= 0.3 is 6.09 Å². The van der Waals surface area contributed by atoms with Crippen molar-refractivity contribution >= 4 is 12.0 Å². The number of ether oxygens (including phenoxy) is 1. The average Bonchev–Trinajstić information content (AvgIpc) is 2.44. The number of carbonyl (C=O) groups is 1. The zero-order valence-corrected chi connectivity index (χ0v) is 13.9. The van der Waals surface area contributed by atoms with Crippen molar-refractivity contribution in [1.82, 2.24) is 15.3 Å². The van der Waals surface area contributed by atoms with E-state index in [4.69, 9.17) is 4.74 Å². The van der Waals surface area contributed by atoms with Gasteiger partial charge < -0.3 is 15.0 Å². The Morgan fingerprint density at radius 3 is 2.91 bits per heavy atom. The Balaban J connectivity index is 1.97. The minimum atomic E-state index is -0.476. The molecule has 1 aliphatic heterocycles. The number of amides is 1. The lowest BCUT2D eigenvalue weighted by Gasteiger charge is -2.36. The molecule has 1 aliphatic rings. The summed E-state index contributed by atoms with van der Waals surface area (Å²) in [7, 11) is 0. The molecule has 0 aromatic carbocycles. The summed E-state index contributed by atoms with van der Waals surface area (Å²) in [6, 6.07) is 2.10. The number of anilines is 1. The summed E-state index contributed by atoms with van der Waals surface area (Å²) < 4.78 is 5.29. The van der Waals surface area contributed by atoms with Crippen LogP contribution in [0.1, 0.15) is 45.7 Å². The molecule has 1 fully saturated rings. The average molecular weight is 306 g/mol. The van der Waals surface area contributed by atoms with Gasteiger partial charge in [0.1, 0.15) is 5.60 Å². The van der Waals surface area contributed by atoms with Crippen LogP contribution >= 0.6 is 0 Å². The molecule has 1 saturated heterocycles. The fourth-order valence-electron chi connectivity index (χ4n) is 2.57. The second-order valence-electron chi connectivity index (χ2n) is 6.72. The third-order valence-electron chi connectivity index (χ3n) is 3.55. The molecule has 0 spiro atoms. The molecule has 0 radical (unpaired) electrons. The normalized spacial score (nSPS) is 18.9. The van der Waals surface area contributed by atoms with Crippen LogP contribution in [0.15, 0.2) is 12.3 Å². The number of carbonyl (C=O) groups excluding carboxylic acids is 1. The van der Waals surface area contributed by atoms with Crippen LogP contribution in [-0.2, 0) is 4.74 Å². The molecule has 1 N–H and O–H groups in total. The number of rotatable bonds is 3. The maximum absolute atomic E-state index is 11.8. The van der Waals surface area contributed by atoms with Crippen LogP contribution in [-0.4, -0.2) is 40.8 Å². The van der Waals surface area contributed by atoms with Crippen molar-refractivity contribution in [3.63, 3.8) is 0 Å². The van der Waals surface area contributed by atoms with E-state index in [9.17, 15) is 4.79 Å². The molecule has 1 aromatic rings. The molecule has 6 nitrogen and oxygen atoms in total. The van der Waals surface area contributed by atoms with E-state index in [2.05, 4.69) is 20.2 Å². The Morgan fingerprint density at radius 2 is 2.23 bits per heavy atom. The quantitative estimate of drug-likeness (QED) is 0.930. The molecule has 0 saturated carbocycles. The van der Waals surface area contributed by atoms with Gasteiger partial charge in [-0.1, -0.05) is 0 Å². The lowest BCUT2D eigenvalue weighted by molar-refractivity contribution is 0.0522. The lowest BCUT2D eigenvalue weighted by Crippen LogP contribution is -2.48. The van der Waals surface area contributed by atoms with Gasteiger partial charge in [-0.05, 0) is 53.0 Å². The maximum atomic E-state index is 11.8. The van der Waals surface area contributed by atoms with E-state index >= 15 is 0 Å². The Kier molecular flexibility index (Phi) is 5.21. The van der Waals surface area contributed by atoms with E-state index in [0.29, 0.717) is 6.54 Å². The first-order chi connectivity index (χ1) is 10.3. The first-order valence-electron chi connectivity index (χ1n) is 7.88. The highest BCUT2D eigenvalue weighted by molar-refractivity contribution is 5.67. The van der Waals surface area contributed by atoms with Crippen molar-refractivity contribution in [3.05, 3.63) is 18.0 Å². The van der Waals surface area contributed by atoms with E-state index in [0.717, 1.165) is 37.4 Å². The number of aryl methyl sites for hydroxylation is 1. The van der Waals surface area contributed by atoms with Crippen LogP contribution in [0.3, 0.4) is 0 Å². The molecule has 2 rings (SSSR count). The molecular weight excluding hydrogens is 280 g/mol. The van der Waals surface area contributed by atoms with Gasteiger partial charge in [-0.2, -0.15) is 0 Å². The van der Waals surface area contributed by atoms with Crippen LogP contribution in [0.2, 0.25) is 0 Å². The van der Waals surface area contributed by atoms with Crippen molar-refractivity contribution in [2.75, 3.05) is 18.0 Å². The number of hydrogen-bond donors (Lipinski definition) is 1. The van der Waals surface area contributed by atoms with E-state index in [1.165, 1.54) is 0 Å². The van der Waals surface area contributed by atoms with Gasteiger partial charge in [0.2, 0.25) is 5.95 Å². The van der Waals surface area contributed by atoms with Crippen molar-refractivity contribution < 1.29 is 9.53 Å². The van der Waals surface area contributed by atoms with Crippen LogP contribution < -0.4 is 10.2 Å². The first kappa shape index (κ1) is 16.5. The highest BCUT2D eigenvalue weighted by Crippen LogP contribution is 2.21. The van der Waals surface area contributed by atoms with Crippen molar-refractivity contribution in [3.8, 4) is 0 Å². The van der Waals surface area contributed by atoms with E-state index in [-0.39, 0.29) is 12.1 Å². The van der Waals surface area contributed by atoms with Gasteiger partial charge in [-0.25, -0.2) is 14.8 Å². The van der Waals surface area contributed by atoms with Gasteiger partial charge in [0.25, 0.3) is 0 Å². The highest BCUT2D eigenvalue weighted by atomic mass is 16.6. The Hall–Kier alpha value is -1.85. The predicted octanol–water partition coefficient (Wildman–Crippen LogP) is 2.67. The second-order valence-corrected chi connectivity index (χ2v) is 6.72. The highest BCUT2D eigenvalue weighted by Gasteiger charge is 2.26. The molecule has 2 heterocycles. The summed E-state index contributed by atoms with van der Waals surface area (Å²) in [6.45, 7) is 9.01. The Bertz CT molecular complexity index is 513. The number of alkyl carbamates (subject to hydrolysis) is 1. The summed E-state index contributed by atoms with van der Waals surface area (Å²) in [5.41, 5.74) is 0.477. The summed E-state index contributed by atoms with van der Waals surface area (Å²) in [6.07, 6.45) is 4.71. The molecule has 1 amide bonds. The van der Waals surface area contributed by atoms with Crippen LogP contribution in [0.5, 0.6) is 0 Å². The first-order valence-corrected chi connectivity index (χ1v) is 7.88. The van der Waals surface area contributed by atoms with Gasteiger partial charge in [0.05, 0.1) is 0 Å². The van der Waals surface area contributed by atoms with E-state index in [1.54, 1.807) is 6.20 Å². The van der Waals surface area contributed by atoms with Crippen LogP contribution in [0.4, 0.5) is 10.7 Å². The molecule has 0 unspecified atom stereocenters. The predicted molar refractivity (Wildman–Crippen MR) is 86.0 cm³/mol. The van der Waals surface area contributed by atoms with Crippen molar-refractivity contribution in [1.29, 1.82) is 0 Å². The molecule has 0 bridgehead atoms. The van der Waals surface area contributed by atoms with E-state index in [1.807, 2.05) is 33.8 Å². The number of nitrogens with one attached hydrogen (secondary N) is 1. The van der Waals surface area contributed by atoms with Gasteiger partial charge in [0.15, 0.2) is 0 Å². The van der Waals surface area contributed by atoms with Gasteiger partial charge in [0, 0.05) is 31.0 Å². The third-order valence-corrected chi connectivity index (χ3v) is 3.55. The molecule has 1 atom stereocenters. The van der Waals surface area contributed by atoms with Crippen LogP contribution in [0, 0.1) is 6.92 Å². The smallest absolute Gasteiger partial charge is 0.407 e. The topological polar surface area (TPSA) is 67.4 Å². The zero-order chi connectivity index (χ0) is 16.2. The largest absolute Gasteiger partial charge is 0.444 e. The van der Waals surface area contributed by atoms with Crippen LogP contribution in [0.25, 0.3) is 0 Å². The minimum Gasteiger partial charge on any atom is -0.444 e. The second kappa shape index (κ2) is 6.94. The molecule has 0 aliphatic carbocycles. The maximum Gasteiger partial charge on any atom is 0.407 e. The third kappa shape index (κ3) is 4.86. The molecule has 6 heteroatoms. The Morgan fingerprint density at radius 1 is 1.45 bits per heavy atom. The fraction of sp³-hybridized carbons (Fsp3) is 0.688. The number of hydrogen-bond acceptors (Lipinski definition) is 5. The molecule has 1 aromatic heterocycles. The standard InChI is InChI=1S/C16H26N4O2/c1-12-8-9-17-14(19-12)20-10-6-5-7-13(20)11-18-15(21)22-16(2,3)4/h8-9,13H,5-7,10-11H2,1-4H3,(H,18,21)/t13-/m1/s1.